The van der Waals surface area contributed by atoms with Gasteiger partial charge >= 0.3 is 0 Å². The summed E-state index contributed by atoms with van der Waals surface area (Å²) in [5.74, 6) is 0. The van der Waals surface area contributed by atoms with Crippen molar-refractivity contribution in [3.63, 3.8) is 0 Å². The zero-order valence-electron chi connectivity index (χ0n) is 9.19. The first kappa shape index (κ1) is 10.7. The Labute approximate surface area is 95.9 Å². The van der Waals surface area contributed by atoms with Crippen LogP contribution >= 0.6 is 0 Å². The number of hydrogen-bond donors (Lipinski definition) is 2. The van der Waals surface area contributed by atoms with E-state index in [9.17, 15) is 0 Å². The molecular weight excluding hydrogens is 196 g/mol. The molecule has 2 aromatic rings. The Bertz CT molecular complexity index is 478. The van der Waals surface area contributed by atoms with Crippen LogP contribution in [0.5, 0.6) is 0 Å². The molecule has 0 saturated heterocycles. The van der Waals surface area contributed by atoms with Crippen molar-refractivity contribution in [2.45, 2.75) is 13.0 Å². The molecule has 0 amide bonds. The first-order valence-electron chi connectivity index (χ1n) is 5.41. The summed E-state index contributed by atoms with van der Waals surface area (Å²) in [7, 11) is 0. The molecule has 82 valence electrons. The second-order valence-corrected chi connectivity index (χ2v) is 3.85. The fourth-order valence-electron chi connectivity index (χ4n) is 1.83. The summed E-state index contributed by atoms with van der Waals surface area (Å²) in [6.07, 6.45) is 0.847. The van der Waals surface area contributed by atoms with E-state index in [1.165, 1.54) is 11.1 Å². The van der Waals surface area contributed by atoms with Gasteiger partial charge in [0.25, 0.3) is 0 Å². The standard InChI is InChI=1S/C14H16N2/c15-10-13-7-2-1-5-11(13)9-12-6-3-4-8-14(12)16/h1-8H,9-10,15-16H2. The van der Waals surface area contributed by atoms with Crippen molar-refractivity contribution < 1.29 is 0 Å². The van der Waals surface area contributed by atoms with E-state index in [2.05, 4.69) is 18.2 Å². The Kier molecular flexibility index (Phi) is 3.22. The predicted octanol–water partition coefficient (Wildman–Crippen LogP) is 2.32. The fourth-order valence-corrected chi connectivity index (χ4v) is 1.83. The monoisotopic (exact) mass is 212 g/mol. The van der Waals surface area contributed by atoms with Crippen molar-refractivity contribution in [3.05, 3.63) is 65.2 Å². The molecule has 0 spiro atoms. The van der Waals surface area contributed by atoms with Gasteiger partial charge in [0.15, 0.2) is 0 Å². The average Bonchev–Trinajstić information content (AvgIpc) is 2.33. The van der Waals surface area contributed by atoms with Crippen LogP contribution in [0.1, 0.15) is 16.7 Å². The molecule has 0 bridgehead atoms. The molecule has 0 saturated carbocycles. The molecule has 0 unspecified atom stereocenters. The van der Waals surface area contributed by atoms with Gasteiger partial charge in [-0.2, -0.15) is 0 Å². The minimum absolute atomic E-state index is 0.572. The van der Waals surface area contributed by atoms with Crippen LogP contribution < -0.4 is 11.5 Å². The van der Waals surface area contributed by atoms with E-state index in [-0.39, 0.29) is 0 Å². The van der Waals surface area contributed by atoms with Gasteiger partial charge in [-0.1, -0.05) is 42.5 Å². The zero-order chi connectivity index (χ0) is 11.4. The second kappa shape index (κ2) is 4.81. The molecule has 0 aliphatic carbocycles. The van der Waals surface area contributed by atoms with Crippen LogP contribution in [0.25, 0.3) is 0 Å². The lowest BCUT2D eigenvalue weighted by atomic mass is 9.99. The molecule has 0 fully saturated rings. The van der Waals surface area contributed by atoms with E-state index in [0.717, 1.165) is 17.7 Å². The molecule has 2 nitrogen and oxygen atoms in total. The molecular formula is C14H16N2. The van der Waals surface area contributed by atoms with Gasteiger partial charge in [0.2, 0.25) is 0 Å². The number of nitrogens with two attached hydrogens (primary N) is 2. The number of anilines is 1. The maximum atomic E-state index is 5.93. The lowest BCUT2D eigenvalue weighted by Crippen LogP contribution is -2.03. The molecule has 0 aliphatic rings. The van der Waals surface area contributed by atoms with Crippen LogP contribution in [0.15, 0.2) is 48.5 Å². The first-order chi connectivity index (χ1) is 7.81. The maximum absolute atomic E-state index is 5.93. The van der Waals surface area contributed by atoms with Crippen molar-refractivity contribution in [1.29, 1.82) is 0 Å². The van der Waals surface area contributed by atoms with Crippen LogP contribution in [-0.4, -0.2) is 0 Å². The molecule has 2 aromatic carbocycles. The molecule has 0 atom stereocenters. The third-order valence-electron chi connectivity index (χ3n) is 2.77. The summed E-state index contributed by atoms with van der Waals surface area (Å²) in [5.41, 5.74) is 16.1. The summed E-state index contributed by atoms with van der Waals surface area (Å²) >= 11 is 0. The second-order valence-electron chi connectivity index (χ2n) is 3.85. The smallest absolute Gasteiger partial charge is 0.0349 e. The Balaban J connectivity index is 2.30. The molecule has 0 radical (unpaired) electrons. The zero-order valence-corrected chi connectivity index (χ0v) is 9.19. The number of para-hydroxylation sites is 1. The van der Waals surface area contributed by atoms with Gasteiger partial charge in [0.05, 0.1) is 0 Å². The average molecular weight is 212 g/mol. The highest BCUT2D eigenvalue weighted by atomic mass is 14.6. The summed E-state index contributed by atoms with van der Waals surface area (Å²) in [6, 6.07) is 16.2. The highest BCUT2D eigenvalue weighted by Gasteiger charge is 2.03. The summed E-state index contributed by atoms with van der Waals surface area (Å²) in [4.78, 5) is 0. The van der Waals surface area contributed by atoms with Crippen LogP contribution in [-0.2, 0) is 13.0 Å². The van der Waals surface area contributed by atoms with Gasteiger partial charge in [-0.3, -0.25) is 0 Å². The third kappa shape index (κ3) is 2.23. The van der Waals surface area contributed by atoms with E-state index in [0.29, 0.717) is 6.54 Å². The maximum Gasteiger partial charge on any atom is 0.0349 e. The molecule has 0 heterocycles. The molecule has 4 N–H and O–H groups in total. The SMILES string of the molecule is NCc1ccccc1Cc1ccccc1N. The summed E-state index contributed by atoms with van der Waals surface area (Å²) < 4.78 is 0. The molecule has 16 heavy (non-hydrogen) atoms. The van der Waals surface area contributed by atoms with E-state index in [4.69, 9.17) is 11.5 Å². The van der Waals surface area contributed by atoms with Crippen molar-refractivity contribution in [2.24, 2.45) is 5.73 Å². The van der Waals surface area contributed by atoms with Crippen LogP contribution in [0.2, 0.25) is 0 Å². The molecule has 0 aliphatic heterocycles. The molecule has 2 rings (SSSR count). The van der Waals surface area contributed by atoms with E-state index in [1.54, 1.807) is 0 Å². The minimum atomic E-state index is 0.572. The van der Waals surface area contributed by atoms with Gasteiger partial charge in [0.1, 0.15) is 0 Å². The van der Waals surface area contributed by atoms with Crippen molar-refractivity contribution >= 4 is 5.69 Å². The van der Waals surface area contributed by atoms with E-state index >= 15 is 0 Å². The quantitative estimate of drug-likeness (QED) is 0.767. The molecule has 0 aromatic heterocycles. The van der Waals surface area contributed by atoms with Gasteiger partial charge < -0.3 is 11.5 Å². The topological polar surface area (TPSA) is 52.0 Å². The number of rotatable bonds is 3. The lowest BCUT2D eigenvalue weighted by Gasteiger charge is -2.09. The predicted molar refractivity (Wildman–Crippen MR) is 68.0 cm³/mol. The number of nitrogen functional groups attached to an aromatic ring is 1. The highest BCUT2D eigenvalue weighted by molar-refractivity contribution is 5.49. The first-order valence-corrected chi connectivity index (χ1v) is 5.41. The van der Waals surface area contributed by atoms with Crippen LogP contribution in [0.4, 0.5) is 5.69 Å². The van der Waals surface area contributed by atoms with Crippen LogP contribution in [0, 0.1) is 0 Å². The number of benzene rings is 2. The lowest BCUT2D eigenvalue weighted by molar-refractivity contribution is 1.02. The Morgan fingerprint density at radius 1 is 0.750 bits per heavy atom. The number of hydrogen-bond acceptors (Lipinski definition) is 2. The summed E-state index contributed by atoms with van der Waals surface area (Å²) in [5, 5.41) is 0. The van der Waals surface area contributed by atoms with Crippen molar-refractivity contribution in [2.75, 3.05) is 5.73 Å². The van der Waals surface area contributed by atoms with Gasteiger partial charge in [-0.05, 0) is 29.2 Å². The third-order valence-corrected chi connectivity index (χ3v) is 2.77. The van der Waals surface area contributed by atoms with Gasteiger partial charge in [-0.15, -0.1) is 0 Å². The highest BCUT2D eigenvalue weighted by Crippen LogP contribution is 2.18. The summed E-state index contributed by atoms with van der Waals surface area (Å²) in [6.45, 7) is 0.572. The Morgan fingerprint density at radius 2 is 1.31 bits per heavy atom. The Hall–Kier alpha value is -1.80. The largest absolute Gasteiger partial charge is 0.398 e. The van der Waals surface area contributed by atoms with Gasteiger partial charge in [-0.25, -0.2) is 0 Å². The minimum Gasteiger partial charge on any atom is -0.398 e. The van der Waals surface area contributed by atoms with E-state index in [1.807, 2.05) is 30.3 Å². The van der Waals surface area contributed by atoms with Crippen molar-refractivity contribution in [3.8, 4) is 0 Å². The Morgan fingerprint density at radius 3 is 1.94 bits per heavy atom. The normalized spacial score (nSPS) is 10.3. The fraction of sp³-hybridized carbons (Fsp3) is 0.143. The molecule has 2 heteroatoms. The van der Waals surface area contributed by atoms with Crippen LogP contribution in [0.3, 0.4) is 0 Å². The van der Waals surface area contributed by atoms with Crippen molar-refractivity contribution in [1.82, 2.24) is 0 Å². The van der Waals surface area contributed by atoms with E-state index < -0.39 is 0 Å². The van der Waals surface area contributed by atoms with Gasteiger partial charge in [0, 0.05) is 12.2 Å².